The van der Waals surface area contributed by atoms with E-state index in [1.807, 2.05) is 12.1 Å². The highest BCUT2D eigenvalue weighted by Crippen LogP contribution is 2.30. The van der Waals surface area contributed by atoms with Crippen molar-refractivity contribution in [2.75, 3.05) is 36.4 Å². The second kappa shape index (κ2) is 9.67. The fraction of sp³-hybridized carbons (Fsp3) is 0.577. The van der Waals surface area contributed by atoms with Gasteiger partial charge in [0, 0.05) is 36.1 Å². The monoisotopic (exact) mass is 450 g/mol. The number of rotatable bonds is 5. The van der Waals surface area contributed by atoms with Crippen molar-refractivity contribution in [2.24, 2.45) is 5.92 Å². The fourth-order valence-electron chi connectivity index (χ4n) is 5.80. The Bertz CT molecular complexity index is 1020. The SMILES string of the molecule is O=C(O)c1cc(N2CCC(N3CCCCC3)CC2)nc2ccc(NC(=O)C3CCCC3)cc12. The molecule has 33 heavy (non-hydrogen) atoms. The summed E-state index contributed by atoms with van der Waals surface area (Å²) in [6, 6.07) is 7.75. The van der Waals surface area contributed by atoms with Crippen LogP contribution in [-0.2, 0) is 4.79 Å². The smallest absolute Gasteiger partial charge is 0.336 e. The third-order valence-corrected chi connectivity index (χ3v) is 7.71. The zero-order chi connectivity index (χ0) is 22.8. The van der Waals surface area contributed by atoms with E-state index in [1.165, 1.54) is 32.4 Å². The summed E-state index contributed by atoms with van der Waals surface area (Å²) in [7, 11) is 0. The normalized spacial score (nSPS) is 20.9. The molecule has 1 amide bonds. The van der Waals surface area contributed by atoms with Crippen LogP contribution in [0.1, 0.15) is 68.1 Å². The van der Waals surface area contributed by atoms with Gasteiger partial charge < -0.3 is 20.2 Å². The highest BCUT2D eigenvalue weighted by atomic mass is 16.4. The minimum absolute atomic E-state index is 0.0323. The zero-order valence-corrected chi connectivity index (χ0v) is 19.3. The number of nitrogens with one attached hydrogen (secondary N) is 1. The van der Waals surface area contributed by atoms with Crippen LogP contribution < -0.4 is 10.2 Å². The fourth-order valence-corrected chi connectivity index (χ4v) is 5.80. The lowest BCUT2D eigenvalue weighted by Crippen LogP contribution is -2.47. The zero-order valence-electron chi connectivity index (χ0n) is 19.3. The number of fused-ring (bicyclic) bond motifs is 1. The lowest BCUT2D eigenvalue weighted by molar-refractivity contribution is -0.119. The maximum Gasteiger partial charge on any atom is 0.336 e. The van der Waals surface area contributed by atoms with Crippen molar-refractivity contribution in [2.45, 2.75) is 63.8 Å². The van der Waals surface area contributed by atoms with Gasteiger partial charge in [0.05, 0.1) is 11.1 Å². The quantitative estimate of drug-likeness (QED) is 0.697. The lowest BCUT2D eigenvalue weighted by atomic mass is 9.99. The number of nitrogens with zero attached hydrogens (tertiary/aromatic N) is 3. The number of carbonyl (C=O) groups is 2. The van der Waals surface area contributed by atoms with Crippen molar-refractivity contribution < 1.29 is 14.7 Å². The Morgan fingerprint density at radius 3 is 2.33 bits per heavy atom. The molecule has 1 saturated carbocycles. The third kappa shape index (κ3) is 4.83. The van der Waals surface area contributed by atoms with Gasteiger partial charge in [-0.25, -0.2) is 9.78 Å². The number of benzene rings is 1. The van der Waals surface area contributed by atoms with Gasteiger partial charge in [-0.05, 0) is 75.9 Å². The largest absolute Gasteiger partial charge is 0.478 e. The molecule has 1 aromatic carbocycles. The second-order valence-corrected chi connectivity index (χ2v) is 9.85. The molecule has 2 aromatic rings. The van der Waals surface area contributed by atoms with E-state index in [2.05, 4.69) is 15.1 Å². The number of piperidine rings is 2. The first-order valence-corrected chi connectivity index (χ1v) is 12.6. The number of amides is 1. The van der Waals surface area contributed by atoms with E-state index in [0.717, 1.165) is 57.4 Å². The van der Waals surface area contributed by atoms with Gasteiger partial charge in [0.1, 0.15) is 5.82 Å². The van der Waals surface area contributed by atoms with Crippen LogP contribution in [0.2, 0.25) is 0 Å². The highest BCUT2D eigenvalue weighted by Gasteiger charge is 2.27. The van der Waals surface area contributed by atoms with E-state index in [-0.39, 0.29) is 17.4 Å². The van der Waals surface area contributed by atoms with Crippen molar-refractivity contribution >= 4 is 34.3 Å². The molecule has 3 fully saturated rings. The van der Waals surface area contributed by atoms with Crippen molar-refractivity contribution in [3.63, 3.8) is 0 Å². The molecular formula is C26H34N4O3. The standard InChI is InChI=1S/C26H34N4O3/c31-25(18-6-2-3-7-18)27-19-8-9-23-21(16-19)22(26(32)33)17-24(28-23)30-14-10-20(11-15-30)29-12-4-1-5-13-29/h8-9,16-18,20H,1-7,10-15H2,(H,27,31)(H,32,33). The van der Waals surface area contributed by atoms with E-state index in [0.29, 0.717) is 22.6 Å². The first-order valence-electron chi connectivity index (χ1n) is 12.6. The minimum Gasteiger partial charge on any atom is -0.478 e. The molecule has 0 bridgehead atoms. The molecule has 0 spiro atoms. The van der Waals surface area contributed by atoms with Crippen LogP contribution in [-0.4, -0.2) is 59.1 Å². The number of aromatic carboxylic acids is 1. The van der Waals surface area contributed by atoms with E-state index in [1.54, 1.807) is 12.1 Å². The van der Waals surface area contributed by atoms with E-state index < -0.39 is 5.97 Å². The van der Waals surface area contributed by atoms with E-state index in [4.69, 9.17) is 4.98 Å². The maximum absolute atomic E-state index is 12.5. The molecule has 0 unspecified atom stereocenters. The van der Waals surface area contributed by atoms with Crippen LogP contribution in [0, 0.1) is 5.92 Å². The molecule has 1 aromatic heterocycles. The van der Waals surface area contributed by atoms with Crippen LogP contribution in [0.4, 0.5) is 11.5 Å². The van der Waals surface area contributed by atoms with Crippen LogP contribution in [0.25, 0.3) is 10.9 Å². The summed E-state index contributed by atoms with van der Waals surface area (Å²) in [5.41, 5.74) is 1.53. The number of anilines is 2. The van der Waals surface area contributed by atoms with E-state index in [9.17, 15) is 14.7 Å². The van der Waals surface area contributed by atoms with Gasteiger partial charge in [-0.15, -0.1) is 0 Å². The van der Waals surface area contributed by atoms with Gasteiger partial charge in [0.15, 0.2) is 0 Å². The molecule has 3 heterocycles. The Hall–Kier alpha value is -2.67. The first kappa shape index (κ1) is 22.1. The van der Waals surface area contributed by atoms with Crippen molar-refractivity contribution in [1.29, 1.82) is 0 Å². The van der Waals surface area contributed by atoms with Gasteiger partial charge in [-0.1, -0.05) is 19.3 Å². The predicted molar refractivity (Wildman–Crippen MR) is 130 cm³/mol. The minimum atomic E-state index is -0.967. The topological polar surface area (TPSA) is 85.8 Å². The average molecular weight is 451 g/mol. The number of carboxylic acids is 1. The molecule has 2 aliphatic heterocycles. The lowest BCUT2D eigenvalue weighted by Gasteiger charge is -2.40. The van der Waals surface area contributed by atoms with Crippen LogP contribution in [0.5, 0.6) is 0 Å². The molecule has 2 saturated heterocycles. The van der Waals surface area contributed by atoms with Crippen LogP contribution in [0.3, 0.4) is 0 Å². The van der Waals surface area contributed by atoms with Crippen LogP contribution in [0.15, 0.2) is 24.3 Å². The average Bonchev–Trinajstić information content (AvgIpc) is 3.39. The first-order chi connectivity index (χ1) is 16.1. The molecule has 176 valence electrons. The maximum atomic E-state index is 12.5. The van der Waals surface area contributed by atoms with Crippen molar-refractivity contribution in [3.8, 4) is 0 Å². The van der Waals surface area contributed by atoms with Gasteiger partial charge >= 0.3 is 5.97 Å². The molecule has 3 aliphatic rings. The molecule has 7 nitrogen and oxygen atoms in total. The molecule has 0 atom stereocenters. The highest BCUT2D eigenvalue weighted by molar-refractivity contribution is 6.05. The summed E-state index contributed by atoms with van der Waals surface area (Å²) < 4.78 is 0. The Morgan fingerprint density at radius 1 is 0.909 bits per heavy atom. The Balaban J connectivity index is 1.34. The van der Waals surface area contributed by atoms with Gasteiger partial charge in [-0.3, -0.25) is 4.79 Å². The molecular weight excluding hydrogens is 416 g/mol. The van der Waals surface area contributed by atoms with Gasteiger partial charge in [0.2, 0.25) is 5.91 Å². The Labute approximate surface area is 195 Å². The van der Waals surface area contributed by atoms with Crippen molar-refractivity contribution in [3.05, 3.63) is 29.8 Å². The number of hydrogen-bond acceptors (Lipinski definition) is 5. The predicted octanol–water partition coefficient (Wildman–Crippen LogP) is 4.52. The summed E-state index contributed by atoms with van der Waals surface area (Å²) in [4.78, 5) is 34.3. The molecule has 1 aliphatic carbocycles. The Kier molecular flexibility index (Phi) is 6.49. The molecule has 5 rings (SSSR count). The summed E-state index contributed by atoms with van der Waals surface area (Å²) in [6.07, 6.45) is 10.2. The summed E-state index contributed by atoms with van der Waals surface area (Å²) in [6.45, 7) is 4.21. The number of hydrogen-bond donors (Lipinski definition) is 2. The number of aromatic nitrogens is 1. The van der Waals surface area contributed by atoms with E-state index >= 15 is 0 Å². The number of pyridine rings is 1. The van der Waals surface area contributed by atoms with Crippen molar-refractivity contribution in [1.82, 2.24) is 9.88 Å². The number of carbonyl (C=O) groups excluding carboxylic acids is 1. The van der Waals surface area contributed by atoms with Gasteiger partial charge in [-0.2, -0.15) is 0 Å². The molecule has 7 heteroatoms. The summed E-state index contributed by atoms with van der Waals surface area (Å²) >= 11 is 0. The van der Waals surface area contributed by atoms with Crippen LogP contribution >= 0.6 is 0 Å². The summed E-state index contributed by atoms with van der Waals surface area (Å²) in [5.74, 6) is -0.135. The Morgan fingerprint density at radius 2 is 1.64 bits per heavy atom. The third-order valence-electron chi connectivity index (χ3n) is 7.71. The van der Waals surface area contributed by atoms with Gasteiger partial charge in [0.25, 0.3) is 0 Å². The second-order valence-electron chi connectivity index (χ2n) is 9.85. The molecule has 0 radical (unpaired) electrons. The number of likely N-dealkylation sites (tertiary alicyclic amines) is 1. The summed E-state index contributed by atoms with van der Waals surface area (Å²) in [5, 5.41) is 13.5. The number of carboxylic acid groups (broad SMARTS) is 1. The molecule has 2 N–H and O–H groups in total.